The maximum atomic E-state index is 3.86. The van der Waals surface area contributed by atoms with Gasteiger partial charge in [-0.3, -0.25) is 0 Å². The van der Waals surface area contributed by atoms with Gasteiger partial charge < -0.3 is 5.32 Å². The summed E-state index contributed by atoms with van der Waals surface area (Å²) in [5, 5.41) is 3.86. The molecular formula is C20H26ClN. The average molecular weight is 316 g/mol. The lowest BCUT2D eigenvalue weighted by atomic mass is 9.78. The maximum Gasteiger partial charge on any atom is 0.0151 e. The zero-order valence-electron chi connectivity index (χ0n) is 13.7. The number of fused-ring (bicyclic) bond motifs is 1. The van der Waals surface area contributed by atoms with Gasteiger partial charge in [-0.1, -0.05) is 68.4 Å². The highest BCUT2D eigenvalue weighted by molar-refractivity contribution is 5.85. The Hall–Kier alpha value is -1.31. The molecule has 0 saturated heterocycles. The number of halogens is 1. The summed E-state index contributed by atoms with van der Waals surface area (Å²) in [7, 11) is 0. The van der Waals surface area contributed by atoms with Crippen LogP contribution in [-0.2, 0) is 18.3 Å². The lowest BCUT2D eigenvalue weighted by Crippen LogP contribution is -2.47. The first kappa shape index (κ1) is 17.1. The minimum absolute atomic E-state index is 0. The van der Waals surface area contributed by atoms with E-state index in [0.717, 1.165) is 12.8 Å². The Balaban J connectivity index is 0.00000176. The van der Waals surface area contributed by atoms with Crippen LogP contribution in [0.4, 0.5) is 0 Å². The van der Waals surface area contributed by atoms with Crippen LogP contribution >= 0.6 is 12.4 Å². The number of benzene rings is 2. The number of nitrogens with one attached hydrogen (secondary N) is 1. The fraction of sp³-hybridized carbons (Fsp3) is 0.400. The zero-order chi connectivity index (χ0) is 14.9. The molecule has 0 saturated carbocycles. The minimum atomic E-state index is 0. The molecule has 2 aromatic rings. The fourth-order valence-corrected chi connectivity index (χ4v) is 3.36. The molecule has 0 aromatic heterocycles. The summed E-state index contributed by atoms with van der Waals surface area (Å²) < 4.78 is 0. The van der Waals surface area contributed by atoms with E-state index >= 15 is 0 Å². The molecule has 0 amide bonds. The second kappa shape index (κ2) is 6.85. The van der Waals surface area contributed by atoms with Crippen LogP contribution in [0.2, 0.25) is 0 Å². The molecule has 0 bridgehead atoms. The summed E-state index contributed by atoms with van der Waals surface area (Å²) in [4.78, 5) is 0. The van der Waals surface area contributed by atoms with Crippen molar-refractivity contribution in [2.45, 2.75) is 51.1 Å². The van der Waals surface area contributed by atoms with Crippen molar-refractivity contribution in [3.8, 4) is 0 Å². The van der Waals surface area contributed by atoms with Crippen LogP contribution in [0.3, 0.4) is 0 Å². The van der Waals surface area contributed by atoms with Crippen LogP contribution in [0.25, 0.3) is 0 Å². The van der Waals surface area contributed by atoms with Gasteiger partial charge in [-0.2, -0.15) is 0 Å². The third-order valence-electron chi connectivity index (χ3n) is 5.14. The maximum absolute atomic E-state index is 3.86. The molecule has 2 aromatic carbocycles. The highest BCUT2D eigenvalue weighted by atomic mass is 35.5. The lowest BCUT2D eigenvalue weighted by Gasteiger charge is -2.35. The molecule has 0 spiro atoms. The van der Waals surface area contributed by atoms with E-state index in [9.17, 15) is 0 Å². The molecule has 1 aliphatic carbocycles. The predicted molar refractivity (Wildman–Crippen MR) is 97.0 cm³/mol. The van der Waals surface area contributed by atoms with Gasteiger partial charge in [0.05, 0.1) is 0 Å². The average Bonchev–Trinajstić information content (AvgIpc) is 2.90. The van der Waals surface area contributed by atoms with Crippen LogP contribution < -0.4 is 5.32 Å². The van der Waals surface area contributed by atoms with Gasteiger partial charge in [0.15, 0.2) is 0 Å². The predicted octanol–water partition coefficient (Wildman–Crippen LogP) is 4.53. The Morgan fingerprint density at radius 1 is 0.909 bits per heavy atom. The van der Waals surface area contributed by atoms with Crippen molar-refractivity contribution in [2.24, 2.45) is 0 Å². The summed E-state index contributed by atoms with van der Waals surface area (Å²) in [6, 6.07) is 20.7. The molecule has 2 heteroatoms. The van der Waals surface area contributed by atoms with Gasteiger partial charge in [0.25, 0.3) is 0 Å². The third kappa shape index (κ3) is 3.37. The number of hydrogen-bond donors (Lipinski definition) is 1. The molecular weight excluding hydrogens is 290 g/mol. The van der Waals surface area contributed by atoms with Gasteiger partial charge in [-0.25, -0.2) is 0 Å². The Bertz CT molecular complexity index is 581. The summed E-state index contributed by atoms with van der Waals surface area (Å²) in [6.07, 6.45) is 2.32. The lowest BCUT2D eigenvalue weighted by molar-refractivity contribution is 0.328. The molecule has 1 N–H and O–H groups in total. The molecule has 118 valence electrons. The van der Waals surface area contributed by atoms with E-state index in [2.05, 4.69) is 80.7 Å². The topological polar surface area (TPSA) is 12.0 Å². The highest BCUT2D eigenvalue weighted by Crippen LogP contribution is 2.29. The monoisotopic (exact) mass is 315 g/mol. The largest absolute Gasteiger partial charge is 0.310 e. The van der Waals surface area contributed by atoms with Crippen LogP contribution in [-0.4, -0.2) is 12.1 Å². The quantitative estimate of drug-likeness (QED) is 0.874. The van der Waals surface area contributed by atoms with Gasteiger partial charge in [0.1, 0.15) is 0 Å². The van der Waals surface area contributed by atoms with Crippen molar-refractivity contribution in [1.29, 1.82) is 0 Å². The van der Waals surface area contributed by atoms with E-state index in [4.69, 9.17) is 0 Å². The van der Waals surface area contributed by atoms with Crippen molar-refractivity contribution < 1.29 is 0 Å². The van der Waals surface area contributed by atoms with Crippen LogP contribution in [0.1, 0.15) is 37.5 Å². The SMILES string of the molecule is CC(NC1Cc2ccccc2C1)C(C)(C)c1ccccc1.Cl. The van der Waals surface area contributed by atoms with Gasteiger partial charge in [-0.15, -0.1) is 12.4 Å². The summed E-state index contributed by atoms with van der Waals surface area (Å²) >= 11 is 0. The Labute approximate surface area is 140 Å². The second-order valence-electron chi connectivity index (χ2n) is 6.85. The smallest absolute Gasteiger partial charge is 0.0151 e. The van der Waals surface area contributed by atoms with E-state index in [1.165, 1.54) is 16.7 Å². The van der Waals surface area contributed by atoms with Crippen molar-refractivity contribution in [3.63, 3.8) is 0 Å². The first-order valence-corrected chi connectivity index (χ1v) is 7.96. The molecule has 3 rings (SSSR count). The first-order chi connectivity index (χ1) is 10.1. The number of rotatable bonds is 4. The molecule has 1 nitrogen and oxygen atoms in total. The van der Waals surface area contributed by atoms with Gasteiger partial charge in [0, 0.05) is 17.5 Å². The zero-order valence-corrected chi connectivity index (χ0v) is 14.5. The standard InChI is InChI=1S/C20H25N.ClH/c1-15(20(2,3)18-11-5-4-6-12-18)21-19-13-16-9-7-8-10-17(16)14-19;/h4-12,15,19,21H,13-14H2,1-3H3;1H. The van der Waals surface area contributed by atoms with E-state index < -0.39 is 0 Å². The van der Waals surface area contributed by atoms with Crippen LogP contribution in [0.15, 0.2) is 54.6 Å². The van der Waals surface area contributed by atoms with Gasteiger partial charge in [-0.05, 0) is 36.5 Å². The molecule has 1 atom stereocenters. The summed E-state index contributed by atoms with van der Waals surface area (Å²) in [5.74, 6) is 0. The highest BCUT2D eigenvalue weighted by Gasteiger charge is 2.31. The molecule has 1 aliphatic rings. The summed E-state index contributed by atoms with van der Waals surface area (Å²) in [5.41, 5.74) is 4.57. The fourth-order valence-electron chi connectivity index (χ4n) is 3.36. The van der Waals surface area contributed by atoms with Crippen molar-refractivity contribution >= 4 is 12.4 Å². The van der Waals surface area contributed by atoms with Crippen molar-refractivity contribution in [3.05, 3.63) is 71.3 Å². The molecule has 0 heterocycles. The Morgan fingerprint density at radius 2 is 1.41 bits per heavy atom. The molecule has 1 unspecified atom stereocenters. The van der Waals surface area contributed by atoms with Gasteiger partial charge in [0.2, 0.25) is 0 Å². The van der Waals surface area contributed by atoms with Crippen molar-refractivity contribution in [2.75, 3.05) is 0 Å². The minimum Gasteiger partial charge on any atom is -0.310 e. The molecule has 22 heavy (non-hydrogen) atoms. The summed E-state index contributed by atoms with van der Waals surface area (Å²) in [6.45, 7) is 6.99. The van der Waals surface area contributed by atoms with E-state index in [0.29, 0.717) is 12.1 Å². The molecule has 0 fully saturated rings. The Kier molecular flexibility index (Phi) is 5.31. The van der Waals surface area contributed by atoms with E-state index in [-0.39, 0.29) is 17.8 Å². The van der Waals surface area contributed by atoms with E-state index in [1.54, 1.807) is 0 Å². The normalized spacial score (nSPS) is 16.0. The van der Waals surface area contributed by atoms with Crippen molar-refractivity contribution in [1.82, 2.24) is 5.32 Å². The van der Waals surface area contributed by atoms with Gasteiger partial charge >= 0.3 is 0 Å². The second-order valence-corrected chi connectivity index (χ2v) is 6.85. The molecule has 0 aliphatic heterocycles. The van der Waals surface area contributed by atoms with E-state index in [1.807, 2.05) is 0 Å². The first-order valence-electron chi connectivity index (χ1n) is 7.96. The Morgan fingerprint density at radius 3 is 1.95 bits per heavy atom. The molecule has 0 radical (unpaired) electrons. The van der Waals surface area contributed by atoms with Crippen LogP contribution in [0.5, 0.6) is 0 Å². The number of hydrogen-bond acceptors (Lipinski definition) is 1. The van der Waals surface area contributed by atoms with Crippen LogP contribution in [0, 0.1) is 0 Å². The third-order valence-corrected chi connectivity index (χ3v) is 5.14.